The Morgan fingerprint density at radius 1 is 1.30 bits per heavy atom. The molecule has 1 fully saturated rings. The van der Waals surface area contributed by atoms with Crippen LogP contribution in [0.3, 0.4) is 0 Å². The van der Waals surface area contributed by atoms with Gasteiger partial charge in [-0.1, -0.05) is 25.1 Å². The van der Waals surface area contributed by atoms with Gasteiger partial charge in [-0.3, -0.25) is 0 Å². The highest BCUT2D eigenvalue weighted by atomic mass is 16.5. The Labute approximate surface area is 121 Å². The van der Waals surface area contributed by atoms with Crippen LogP contribution >= 0.6 is 0 Å². The van der Waals surface area contributed by atoms with E-state index in [2.05, 4.69) is 6.92 Å². The van der Waals surface area contributed by atoms with Crippen molar-refractivity contribution in [3.05, 3.63) is 29.8 Å². The highest BCUT2D eigenvalue weighted by molar-refractivity contribution is 5.36. The molecule has 1 saturated carbocycles. The van der Waals surface area contributed by atoms with E-state index in [4.69, 9.17) is 9.47 Å². The molecule has 1 aliphatic rings. The third-order valence-corrected chi connectivity index (χ3v) is 4.48. The molecule has 3 nitrogen and oxygen atoms in total. The van der Waals surface area contributed by atoms with Gasteiger partial charge in [-0.05, 0) is 44.6 Å². The topological polar surface area (TPSA) is 38.7 Å². The van der Waals surface area contributed by atoms with Gasteiger partial charge in [0.15, 0.2) is 0 Å². The second-order valence-electron chi connectivity index (χ2n) is 5.82. The number of hydrogen-bond donors (Lipinski definition) is 1. The summed E-state index contributed by atoms with van der Waals surface area (Å²) in [5, 5.41) is 10.9. The molecular formula is C17H26O3. The van der Waals surface area contributed by atoms with Crippen LogP contribution in [0.2, 0.25) is 0 Å². The van der Waals surface area contributed by atoms with Gasteiger partial charge in [-0.2, -0.15) is 0 Å². The van der Waals surface area contributed by atoms with Crippen LogP contribution in [-0.4, -0.2) is 24.4 Å². The lowest BCUT2D eigenvalue weighted by Gasteiger charge is -2.42. The Kier molecular flexibility index (Phi) is 5.06. The zero-order chi connectivity index (χ0) is 14.6. The Balaban J connectivity index is 2.29. The van der Waals surface area contributed by atoms with Gasteiger partial charge in [-0.25, -0.2) is 0 Å². The van der Waals surface area contributed by atoms with Crippen molar-refractivity contribution in [2.45, 2.75) is 51.2 Å². The Bertz CT molecular complexity index is 422. The fourth-order valence-electron chi connectivity index (χ4n) is 3.21. The first kappa shape index (κ1) is 15.3. The van der Waals surface area contributed by atoms with Gasteiger partial charge >= 0.3 is 0 Å². The molecule has 0 heterocycles. The monoisotopic (exact) mass is 278 g/mol. The van der Waals surface area contributed by atoms with Crippen molar-refractivity contribution < 1.29 is 14.6 Å². The van der Waals surface area contributed by atoms with Crippen LogP contribution in [0, 0.1) is 5.92 Å². The van der Waals surface area contributed by atoms with Gasteiger partial charge < -0.3 is 14.6 Å². The number of ether oxygens (including phenoxy) is 2. The van der Waals surface area contributed by atoms with Crippen LogP contribution in [0.4, 0.5) is 0 Å². The normalized spacial score (nSPS) is 28.1. The number of aliphatic hydroxyl groups excluding tert-OH is 1. The van der Waals surface area contributed by atoms with E-state index in [0.29, 0.717) is 12.5 Å². The molecule has 0 aliphatic heterocycles. The third kappa shape index (κ3) is 2.99. The van der Waals surface area contributed by atoms with Gasteiger partial charge in [-0.15, -0.1) is 0 Å². The van der Waals surface area contributed by atoms with E-state index in [1.54, 1.807) is 7.11 Å². The lowest BCUT2D eigenvalue weighted by atomic mass is 9.74. The van der Waals surface area contributed by atoms with E-state index < -0.39 is 11.7 Å². The molecule has 0 amide bonds. The molecule has 1 aromatic carbocycles. The molecule has 112 valence electrons. The number of aliphatic hydroxyl groups is 1. The summed E-state index contributed by atoms with van der Waals surface area (Å²) in [5.41, 5.74) is 0.369. The molecule has 0 bridgehead atoms. The van der Waals surface area contributed by atoms with E-state index in [9.17, 15) is 5.11 Å². The predicted octanol–water partition coefficient (Wildman–Crippen LogP) is 3.71. The summed E-state index contributed by atoms with van der Waals surface area (Å²) >= 11 is 0. The second-order valence-corrected chi connectivity index (χ2v) is 5.82. The lowest BCUT2D eigenvalue weighted by Crippen LogP contribution is -2.43. The quantitative estimate of drug-likeness (QED) is 0.892. The smallest absolute Gasteiger partial charge is 0.124 e. The zero-order valence-electron chi connectivity index (χ0n) is 12.8. The standard InChI is InChI=1S/C17H26O3/c1-4-20-17(11-9-13(2)10-12-17)16(18)14-7-5-6-8-15(14)19-3/h5-8,13,16,18H,4,9-12H2,1-3H3. The number of benzene rings is 1. The van der Waals surface area contributed by atoms with E-state index in [1.807, 2.05) is 31.2 Å². The van der Waals surface area contributed by atoms with Crippen molar-refractivity contribution in [1.29, 1.82) is 0 Å². The van der Waals surface area contributed by atoms with Gasteiger partial charge in [0.25, 0.3) is 0 Å². The van der Waals surface area contributed by atoms with Gasteiger partial charge in [0.1, 0.15) is 11.9 Å². The molecule has 2 rings (SSSR count). The minimum Gasteiger partial charge on any atom is -0.496 e. The van der Waals surface area contributed by atoms with E-state index in [1.165, 1.54) is 0 Å². The highest BCUT2D eigenvalue weighted by Gasteiger charge is 2.43. The number of hydrogen-bond acceptors (Lipinski definition) is 3. The molecule has 1 atom stereocenters. The van der Waals surface area contributed by atoms with Crippen LogP contribution in [0.15, 0.2) is 24.3 Å². The van der Waals surface area contributed by atoms with E-state index in [-0.39, 0.29) is 0 Å². The largest absolute Gasteiger partial charge is 0.496 e. The maximum atomic E-state index is 10.9. The average Bonchev–Trinajstić information content (AvgIpc) is 2.49. The van der Waals surface area contributed by atoms with Gasteiger partial charge in [0.2, 0.25) is 0 Å². The first-order valence-corrected chi connectivity index (χ1v) is 7.58. The van der Waals surface area contributed by atoms with Crippen molar-refractivity contribution in [2.75, 3.05) is 13.7 Å². The van der Waals surface area contributed by atoms with Gasteiger partial charge in [0, 0.05) is 12.2 Å². The van der Waals surface area contributed by atoms with Crippen LogP contribution < -0.4 is 4.74 Å². The summed E-state index contributed by atoms with van der Waals surface area (Å²) < 4.78 is 11.4. The molecule has 20 heavy (non-hydrogen) atoms. The minimum absolute atomic E-state index is 0.462. The molecule has 1 aliphatic carbocycles. The molecule has 0 spiro atoms. The van der Waals surface area contributed by atoms with Crippen molar-refractivity contribution >= 4 is 0 Å². The highest BCUT2D eigenvalue weighted by Crippen LogP contribution is 2.45. The van der Waals surface area contributed by atoms with Crippen molar-refractivity contribution in [3.8, 4) is 5.75 Å². The molecule has 1 aromatic rings. The lowest BCUT2D eigenvalue weighted by molar-refractivity contribution is -0.147. The summed E-state index contributed by atoms with van der Waals surface area (Å²) in [6, 6.07) is 7.68. The predicted molar refractivity (Wildman–Crippen MR) is 79.9 cm³/mol. The second kappa shape index (κ2) is 6.59. The number of methoxy groups -OCH3 is 1. The fraction of sp³-hybridized carbons (Fsp3) is 0.647. The van der Waals surface area contributed by atoms with Crippen molar-refractivity contribution in [1.82, 2.24) is 0 Å². The van der Waals surface area contributed by atoms with Crippen molar-refractivity contribution in [2.24, 2.45) is 5.92 Å². The molecule has 0 saturated heterocycles. The third-order valence-electron chi connectivity index (χ3n) is 4.48. The molecule has 1 unspecified atom stereocenters. The molecular weight excluding hydrogens is 252 g/mol. The SMILES string of the molecule is CCOC1(C(O)c2ccccc2OC)CCC(C)CC1. The maximum Gasteiger partial charge on any atom is 0.124 e. The van der Waals surface area contributed by atoms with E-state index in [0.717, 1.165) is 37.0 Å². The summed E-state index contributed by atoms with van der Waals surface area (Å²) in [4.78, 5) is 0. The number of para-hydroxylation sites is 1. The first-order chi connectivity index (χ1) is 9.63. The zero-order valence-corrected chi connectivity index (χ0v) is 12.8. The molecule has 3 heteroatoms. The van der Waals surface area contributed by atoms with Gasteiger partial charge in [0.05, 0.1) is 12.7 Å². The molecule has 0 aromatic heterocycles. The summed E-state index contributed by atoms with van der Waals surface area (Å²) in [5.74, 6) is 1.45. The Hall–Kier alpha value is -1.06. The number of rotatable bonds is 5. The van der Waals surface area contributed by atoms with Crippen LogP contribution in [-0.2, 0) is 4.74 Å². The van der Waals surface area contributed by atoms with Crippen LogP contribution in [0.25, 0.3) is 0 Å². The minimum atomic E-state index is -0.633. The first-order valence-electron chi connectivity index (χ1n) is 7.58. The Morgan fingerprint density at radius 3 is 2.55 bits per heavy atom. The Morgan fingerprint density at radius 2 is 1.95 bits per heavy atom. The average molecular weight is 278 g/mol. The maximum absolute atomic E-state index is 10.9. The van der Waals surface area contributed by atoms with Crippen LogP contribution in [0.5, 0.6) is 5.75 Å². The fourth-order valence-corrected chi connectivity index (χ4v) is 3.21. The molecule has 0 radical (unpaired) electrons. The van der Waals surface area contributed by atoms with E-state index >= 15 is 0 Å². The molecule has 1 N–H and O–H groups in total. The summed E-state index contributed by atoms with van der Waals surface area (Å²) in [7, 11) is 1.64. The van der Waals surface area contributed by atoms with Crippen LogP contribution in [0.1, 0.15) is 51.2 Å². The summed E-state index contributed by atoms with van der Waals surface area (Å²) in [6.07, 6.45) is 3.38. The van der Waals surface area contributed by atoms with Crippen molar-refractivity contribution in [3.63, 3.8) is 0 Å². The summed E-state index contributed by atoms with van der Waals surface area (Å²) in [6.45, 7) is 4.89.